The molecule has 0 radical (unpaired) electrons. The largest absolute Gasteiger partial charge is 0.476 e. The predicted molar refractivity (Wildman–Crippen MR) is 75.4 cm³/mol. The van der Waals surface area contributed by atoms with Crippen molar-refractivity contribution < 1.29 is 23.1 Å². The third kappa shape index (κ3) is 3.16. The summed E-state index contributed by atoms with van der Waals surface area (Å²) in [5.41, 5.74) is -1.12. The predicted octanol–water partition coefficient (Wildman–Crippen LogP) is 3.88. The molecule has 3 rings (SSSR count). The fourth-order valence-electron chi connectivity index (χ4n) is 3.08. The van der Waals surface area contributed by atoms with Gasteiger partial charge in [0.15, 0.2) is 11.3 Å². The molecule has 124 valence electrons. The van der Waals surface area contributed by atoms with Gasteiger partial charge in [0.1, 0.15) is 5.69 Å². The van der Waals surface area contributed by atoms with Crippen molar-refractivity contribution in [3.63, 3.8) is 0 Å². The van der Waals surface area contributed by atoms with Gasteiger partial charge in [0.05, 0.1) is 0 Å². The van der Waals surface area contributed by atoms with Crippen LogP contribution in [0.15, 0.2) is 12.1 Å². The number of carboxylic acids is 1. The Morgan fingerprint density at radius 1 is 1.17 bits per heavy atom. The van der Waals surface area contributed by atoms with Gasteiger partial charge >= 0.3 is 12.1 Å². The summed E-state index contributed by atoms with van der Waals surface area (Å²) >= 11 is 0. The number of hydrogen-bond acceptors (Lipinski definition) is 3. The van der Waals surface area contributed by atoms with Crippen LogP contribution in [0.2, 0.25) is 0 Å². The minimum atomic E-state index is -4.62. The van der Waals surface area contributed by atoms with Crippen molar-refractivity contribution in [1.82, 2.24) is 14.6 Å². The molecule has 1 N–H and O–H groups in total. The molecule has 8 heteroatoms. The molecule has 2 aromatic heterocycles. The van der Waals surface area contributed by atoms with Gasteiger partial charge in [-0.1, -0.05) is 25.7 Å². The van der Waals surface area contributed by atoms with Gasteiger partial charge < -0.3 is 5.11 Å². The Labute approximate surface area is 130 Å². The van der Waals surface area contributed by atoms with Crippen molar-refractivity contribution >= 4 is 11.6 Å². The summed E-state index contributed by atoms with van der Waals surface area (Å²) in [7, 11) is 0. The molecule has 0 saturated heterocycles. The molecule has 1 aliphatic carbocycles. The quantitative estimate of drug-likeness (QED) is 0.850. The van der Waals surface area contributed by atoms with Gasteiger partial charge in [0, 0.05) is 17.7 Å². The number of fused-ring (bicyclic) bond motifs is 1. The molecular weight excluding hydrogens is 311 g/mol. The Morgan fingerprint density at radius 3 is 2.39 bits per heavy atom. The first-order chi connectivity index (χ1) is 10.9. The van der Waals surface area contributed by atoms with E-state index in [0.717, 1.165) is 50.7 Å². The van der Waals surface area contributed by atoms with Gasteiger partial charge in [-0.05, 0) is 18.9 Å². The molecule has 0 amide bonds. The number of halogens is 3. The highest BCUT2D eigenvalue weighted by Crippen LogP contribution is 2.35. The summed E-state index contributed by atoms with van der Waals surface area (Å²) in [6, 6.07) is 2.10. The zero-order valence-electron chi connectivity index (χ0n) is 12.3. The molecule has 1 fully saturated rings. The molecule has 2 heterocycles. The fourth-order valence-corrected chi connectivity index (χ4v) is 3.08. The first-order valence-electron chi connectivity index (χ1n) is 7.57. The average Bonchev–Trinajstić information content (AvgIpc) is 2.72. The monoisotopic (exact) mass is 327 g/mol. The number of rotatable bonds is 2. The number of hydrogen-bond donors (Lipinski definition) is 1. The van der Waals surface area contributed by atoms with E-state index in [4.69, 9.17) is 5.11 Å². The van der Waals surface area contributed by atoms with Crippen LogP contribution in [0.5, 0.6) is 0 Å². The Hall–Kier alpha value is -2.12. The lowest BCUT2D eigenvalue weighted by Gasteiger charge is -2.16. The van der Waals surface area contributed by atoms with Crippen LogP contribution in [0, 0.1) is 0 Å². The minimum absolute atomic E-state index is 0.0215. The molecule has 0 unspecified atom stereocenters. The molecule has 5 nitrogen and oxygen atoms in total. The van der Waals surface area contributed by atoms with E-state index in [1.165, 1.54) is 0 Å². The van der Waals surface area contributed by atoms with Crippen LogP contribution < -0.4 is 0 Å². The first kappa shape index (κ1) is 15.8. The lowest BCUT2D eigenvalue weighted by atomic mass is 9.96. The molecule has 0 spiro atoms. The number of aromatic carboxylic acids is 1. The zero-order chi connectivity index (χ0) is 16.6. The molecule has 23 heavy (non-hydrogen) atoms. The molecule has 2 aromatic rings. The van der Waals surface area contributed by atoms with Crippen molar-refractivity contribution in [3.05, 3.63) is 29.2 Å². The molecule has 0 bridgehead atoms. The number of nitrogens with zero attached hydrogens (tertiary/aromatic N) is 3. The topological polar surface area (TPSA) is 67.5 Å². The number of alkyl halides is 3. The van der Waals surface area contributed by atoms with Crippen LogP contribution >= 0.6 is 0 Å². The maximum Gasteiger partial charge on any atom is 0.433 e. The summed E-state index contributed by atoms with van der Waals surface area (Å²) in [6.45, 7) is 0. The zero-order valence-corrected chi connectivity index (χ0v) is 12.3. The second kappa shape index (κ2) is 5.82. The first-order valence-corrected chi connectivity index (χ1v) is 7.57. The summed E-state index contributed by atoms with van der Waals surface area (Å²) in [4.78, 5) is 15.2. The van der Waals surface area contributed by atoms with E-state index in [9.17, 15) is 18.0 Å². The van der Waals surface area contributed by atoms with E-state index >= 15 is 0 Å². The lowest BCUT2D eigenvalue weighted by Crippen LogP contribution is -2.16. The minimum Gasteiger partial charge on any atom is -0.476 e. The van der Waals surface area contributed by atoms with Gasteiger partial charge in [-0.2, -0.15) is 18.3 Å². The van der Waals surface area contributed by atoms with Crippen LogP contribution in [-0.4, -0.2) is 25.7 Å². The maximum atomic E-state index is 13.3. The summed E-state index contributed by atoms with van der Waals surface area (Å²) < 4.78 is 40.5. The number of aromatic nitrogens is 3. The highest BCUT2D eigenvalue weighted by atomic mass is 19.4. The van der Waals surface area contributed by atoms with Crippen LogP contribution in [-0.2, 0) is 6.18 Å². The van der Waals surface area contributed by atoms with Crippen LogP contribution in [0.4, 0.5) is 13.2 Å². The van der Waals surface area contributed by atoms with Crippen molar-refractivity contribution in [2.24, 2.45) is 0 Å². The Bertz CT molecular complexity index is 731. The van der Waals surface area contributed by atoms with E-state index in [1.807, 2.05) is 0 Å². The van der Waals surface area contributed by atoms with Crippen molar-refractivity contribution in [1.29, 1.82) is 0 Å². The average molecular weight is 327 g/mol. The SMILES string of the molecule is O=C(O)c1cc2nc(C3CCCCCC3)cc(C(F)(F)F)n2n1. The summed E-state index contributed by atoms with van der Waals surface area (Å²) in [5.74, 6) is -1.40. The highest BCUT2D eigenvalue weighted by molar-refractivity contribution is 5.86. The smallest absolute Gasteiger partial charge is 0.433 e. The highest BCUT2D eigenvalue weighted by Gasteiger charge is 2.36. The lowest BCUT2D eigenvalue weighted by molar-refractivity contribution is -0.142. The van der Waals surface area contributed by atoms with Gasteiger partial charge in [-0.25, -0.2) is 14.3 Å². The van der Waals surface area contributed by atoms with Crippen molar-refractivity contribution in [2.75, 3.05) is 0 Å². The van der Waals surface area contributed by atoms with E-state index in [2.05, 4.69) is 10.1 Å². The Balaban J connectivity index is 2.14. The molecular formula is C15H16F3N3O2. The van der Waals surface area contributed by atoms with E-state index < -0.39 is 23.5 Å². The van der Waals surface area contributed by atoms with Crippen molar-refractivity contribution in [3.8, 4) is 0 Å². The van der Waals surface area contributed by atoms with E-state index in [1.54, 1.807) is 0 Å². The van der Waals surface area contributed by atoms with Crippen molar-refractivity contribution in [2.45, 2.75) is 50.6 Å². The second-order valence-corrected chi connectivity index (χ2v) is 5.86. The van der Waals surface area contributed by atoms with Gasteiger partial charge in [0.2, 0.25) is 0 Å². The molecule has 0 aliphatic heterocycles. The van der Waals surface area contributed by atoms with Crippen LogP contribution in [0.1, 0.15) is 66.3 Å². The summed E-state index contributed by atoms with van der Waals surface area (Å²) in [5, 5.41) is 12.5. The maximum absolute atomic E-state index is 13.3. The standard InChI is InChI=1S/C15H16F3N3O2/c16-15(17,18)12-7-10(9-5-3-1-2-4-6-9)19-13-8-11(14(22)23)20-21(12)13/h7-9H,1-6H2,(H,22,23). The Kier molecular flexibility index (Phi) is 3.99. The van der Waals surface area contributed by atoms with Gasteiger partial charge in [0.25, 0.3) is 0 Å². The number of carboxylic acid groups (broad SMARTS) is 1. The van der Waals surface area contributed by atoms with Gasteiger partial charge in [-0.3, -0.25) is 0 Å². The summed E-state index contributed by atoms with van der Waals surface area (Å²) in [6.07, 6.45) is 1.10. The third-order valence-electron chi connectivity index (χ3n) is 4.23. The molecule has 0 atom stereocenters. The second-order valence-electron chi connectivity index (χ2n) is 5.86. The molecule has 1 saturated carbocycles. The third-order valence-corrected chi connectivity index (χ3v) is 4.23. The Morgan fingerprint density at radius 2 is 1.83 bits per heavy atom. The fraction of sp³-hybridized carbons (Fsp3) is 0.533. The normalized spacial score (nSPS) is 17.3. The molecule has 1 aliphatic rings. The molecule has 0 aromatic carbocycles. The number of carbonyl (C=O) groups is 1. The van der Waals surface area contributed by atoms with Crippen LogP contribution in [0.3, 0.4) is 0 Å². The van der Waals surface area contributed by atoms with E-state index in [-0.39, 0.29) is 11.6 Å². The van der Waals surface area contributed by atoms with Gasteiger partial charge in [-0.15, -0.1) is 0 Å². The van der Waals surface area contributed by atoms with Crippen LogP contribution in [0.25, 0.3) is 5.65 Å². The van der Waals surface area contributed by atoms with E-state index in [0.29, 0.717) is 10.2 Å².